The van der Waals surface area contributed by atoms with Crippen LogP contribution in [0.4, 0.5) is 11.4 Å². The van der Waals surface area contributed by atoms with E-state index in [2.05, 4.69) is 5.32 Å². The molecule has 1 heterocycles. The quantitative estimate of drug-likeness (QED) is 0.793. The molecule has 0 radical (unpaired) electrons. The monoisotopic (exact) mass is 368 g/mol. The van der Waals surface area contributed by atoms with Crippen molar-refractivity contribution < 1.29 is 19.1 Å². The molecular weight excluding hydrogens is 344 g/mol. The van der Waals surface area contributed by atoms with Crippen LogP contribution >= 0.6 is 0 Å². The van der Waals surface area contributed by atoms with Crippen LogP contribution in [0.2, 0.25) is 0 Å². The number of nitrogens with one attached hydrogen (secondary N) is 1. The first kappa shape index (κ1) is 18.8. The third-order valence-corrected chi connectivity index (χ3v) is 4.81. The van der Waals surface area contributed by atoms with Gasteiger partial charge in [-0.2, -0.15) is 0 Å². The van der Waals surface area contributed by atoms with Crippen molar-refractivity contribution in [1.29, 1.82) is 0 Å². The molecule has 6 heteroatoms. The van der Waals surface area contributed by atoms with Crippen molar-refractivity contribution in [3.05, 3.63) is 47.5 Å². The Balaban J connectivity index is 1.78. The summed E-state index contributed by atoms with van der Waals surface area (Å²) in [6.45, 7) is 4.04. The molecule has 1 aliphatic rings. The summed E-state index contributed by atoms with van der Waals surface area (Å²) in [6, 6.07) is 10.5. The number of fused-ring (bicyclic) bond motifs is 1. The van der Waals surface area contributed by atoms with Gasteiger partial charge in [0.1, 0.15) is 11.5 Å². The van der Waals surface area contributed by atoms with Crippen LogP contribution in [0.3, 0.4) is 0 Å². The Kier molecular flexibility index (Phi) is 5.35. The lowest BCUT2D eigenvalue weighted by molar-refractivity contribution is -0.116. The summed E-state index contributed by atoms with van der Waals surface area (Å²) in [4.78, 5) is 26.3. The van der Waals surface area contributed by atoms with Gasteiger partial charge in [0.25, 0.3) is 0 Å². The van der Waals surface area contributed by atoms with E-state index >= 15 is 0 Å². The lowest BCUT2D eigenvalue weighted by Crippen LogP contribution is -2.27. The molecule has 27 heavy (non-hydrogen) atoms. The molecule has 1 N–H and O–H groups in total. The van der Waals surface area contributed by atoms with Crippen LogP contribution < -0.4 is 19.7 Å². The van der Waals surface area contributed by atoms with Crippen molar-refractivity contribution in [2.24, 2.45) is 0 Å². The first-order valence-corrected chi connectivity index (χ1v) is 8.88. The van der Waals surface area contributed by atoms with E-state index in [1.807, 2.05) is 31.2 Å². The van der Waals surface area contributed by atoms with Crippen molar-refractivity contribution in [1.82, 2.24) is 0 Å². The van der Waals surface area contributed by atoms with E-state index in [0.717, 1.165) is 23.4 Å². The van der Waals surface area contributed by atoms with Gasteiger partial charge in [-0.3, -0.25) is 9.59 Å². The van der Waals surface area contributed by atoms with Crippen LogP contribution in [0.15, 0.2) is 36.4 Å². The Morgan fingerprint density at radius 2 is 1.89 bits per heavy atom. The normalized spacial score (nSPS) is 13.7. The summed E-state index contributed by atoms with van der Waals surface area (Å²) in [5, 5.41) is 3.21. The number of hydrogen-bond donors (Lipinski definition) is 1. The number of benzene rings is 2. The van der Waals surface area contributed by atoms with Crippen molar-refractivity contribution >= 4 is 23.1 Å². The topological polar surface area (TPSA) is 67.9 Å². The average molecular weight is 368 g/mol. The molecule has 2 aromatic carbocycles. The van der Waals surface area contributed by atoms with Gasteiger partial charge >= 0.3 is 0 Å². The zero-order chi connectivity index (χ0) is 19.6. The van der Waals surface area contributed by atoms with Gasteiger partial charge in [-0.15, -0.1) is 0 Å². The zero-order valence-corrected chi connectivity index (χ0v) is 16.0. The number of amides is 1. The fourth-order valence-electron chi connectivity index (χ4n) is 3.35. The first-order chi connectivity index (χ1) is 12.9. The minimum Gasteiger partial charge on any atom is -0.497 e. The molecule has 0 spiro atoms. The summed E-state index contributed by atoms with van der Waals surface area (Å²) in [5.41, 5.74) is 3.29. The lowest BCUT2D eigenvalue weighted by Gasteiger charge is -2.18. The third-order valence-electron chi connectivity index (χ3n) is 4.81. The van der Waals surface area contributed by atoms with E-state index in [0.29, 0.717) is 23.6 Å². The van der Waals surface area contributed by atoms with E-state index in [1.165, 1.54) is 0 Å². The van der Waals surface area contributed by atoms with Crippen LogP contribution in [-0.4, -0.2) is 38.5 Å². The van der Waals surface area contributed by atoms with Crippen molar-refractivity contribution in [2.45, 2.75) is 26.3 Å². The van der Waals surface area contributed by atoms with Gasteiger partial charge in [-0.25, -0.2) is 0 Å². The Hall–Kier alpha value is -3.02. The average Bonchev–Trinajstić information content (AvgIpc) is 3.11. The number of Topliss-reactive ketones (excluding diaryl/α,β-unsaturated/α-hetero) is 1. The van der Waals surface area contributed by atoms with Crippen LogP contribution in [0.1, 0.15) is 29.8 Å². The first-order valence-electron chi connectivity index (χ1n) is 8.88. The molecule has 2 aromatic rings. The van der Waals surface area contributed by atoms with Gasteiger partial charge in [-0.05, 0) is 49.2 Å². The van der Waals surface area contributed by atoms with E-state index in [-0.39, 0.29) is 11.7 Å². The van der Waals surface area contributed by atoms with E-state index in [1.54, 1.807) is 38.2 Å². The molecule has 0 fully saturated rings. The summed E-state index contributed by atoms with van der Waals surface area (Å²) in [7, 11) is 3.17. The molecule has 0 saturated carbocycles. The SMILES string of the molecule is COc1ccc(N[C@@H](C)C(=O)c2ccc3c(c2)CCN3C(C)=O)c(OC)c1. The predicted molar refractivity (Wildman–Crippen MR) is 105 cm³/mol. The minimum absolute atomic E-state index is 0.0167. The zero-order valence-electron chi connectivity index (χ0n) is 16.0. The highest BCUT2D eigenvalue weighted by Crippen LogP contribution is 2.31. The van der Waals surface area contributed by atoms with Crippen LogP contribution in [0.5, 0.6) is 11.5 Å². The van der Waals surface area contributed by atoms with Crippen molar-refractivity contribution in [3.63, 3.8) is 0 Å². The second-order valence-electron chi connectivity index (χ2n) is 6.56. The molecule has 0 aliphatic carbocycles. The number of ketones is 1. The fourth-order valence-corrected chi connectivity index (χ4v) is 3.35. The maximum Gasteiger partial charge on any atom is 0.223 e. The van der Waals surface area contributed by atoms with Gasteiger partial charge in [0.05, 0.1) is 25.9 Å². The second-order valence-corrected chi connectivity index (χ2v) is 6.56. The number of ether oxygens (including phenoxy) is 2. The lowest BCUT2D eigenvalue weighted by atomic mass is 10.0. The highest BCUT2D eigenvalue weighted by molar-refractivity contribution is 6.03. The molecule has 0 bridgehead atoms. The molecule has 3 rings (SSSR count). The van der Waals surface area contributed by atoms with E-state index in [4.69, 9.17) is 9.47 Å². The predicted octanol–water partition coefficient (Wildman–Crippen LogP) is 3.30. The largest absolute Gasteiger partial charge is 0.497 e. The molecule has 0 saturated heterocycles. The van der Waals surface area contributed by atoms with Gasteiger partial charge in [0.2, 0.25) is 5.91 Å². The highest BCUT2D eigenvalue weighted by Gasteiger charge is 2.24. The van der Waals surface area contributed by atoms with Gasteiger partial charge < -0.3 is 19.7 Å². The molecule has 142 valence electrons. The molecule has 0 aromatic heterocycles. The molecule has 6 nitrogen and oxygen atoms in total. The molecule has 1 amide bonds. The standard InChI is InChI=1S/C21H24N2O4/c1-13(22-18-7-6-17(26-3)12-20(18)27-4)21(25)16-5-8-19-15(11-16)9-10-23(19)14(2)24/h5-8,11-13,22H,9-10H2,1-4H3/t13-/m0/s1. The Bertz CT molecular complexity index is 878. The van der Waals surface area contributed by atoms with Gasteiger partial charge in [0, 0.05) is 30.8 Å². The number of nitrogens with zero attached hydrogens (tertiary/aromatic N) is 1. The minimum atomic E-state index is -0.435. The maximum atomic E-state index is 12.9. The summed E-state index contributed by atoms with van der Waals surface area (Å²) < 4.78 is 10.6. The van der Waals surface area contributed by atoms with Crippen molar-refractivity contribution in [2.75, 3.05) is 31.0 Å². The highest BCUT2D eigenvalue weighted by atomic mass is 16.5. The number of hydrogen-bond acceptors (Lipinski definition) is 5. The Morgan fingerprint density at radius 3 is 2.56 bits per heavy atom. The number of carbonyl (C=O) groups is 2. The van der Waals surface area contributed by atoms with Crippen LogP contribution in [0.25, 0.3) is 0 Å². The Labute approximate surface area is 159 Å². The third kappa shape index (κ3) is 3.74. The number of methoxy groups -OCH3 is 2. The van der Waals surface area contributed by atoms with Gasteiger partial charge in [-0.1, -0.05) is 0 Å². The molecule has 1 atom stereocenters. The van der Waals surface area contributed by atoms with Crippen LogP contribution in [-0.2, 0) is 11.2 Å². The molecule has 0 unspecified atom stereocenters. The number of rotatable bonds is 6. The summed E-state index contributed by atoms with van der Waals surface area (Å²) in [5.74, 6) is 1.30. The number of anilines is 2. The van der Waals surface area contributed by atoms with Gasteiger partial charge in [0.15, 0.2) is 5.78 Å². The second kappa shape index (κ2) is 7.70. The van der Waals surface area contributed by atoms with Crippen molar-refractivity contribution in [3.8, 4) is 11.5 Å². The smallest absolute Gasteiger partial charge is 0.223 e. The number of carbonyl (C=O) groups excluding carboxylic acids is 2. The summed E-state index contributed by atoms with van der Waals surface area (Å²) >= 11 is 0. The molecule has 1 aliphatic heterocycles. The molecular formula is C21H24N2O4. The fraction of sp³-hybridized carbons (Fsp3) is 0.333. The van der Waals surface area contributed by atoms with E-state index < -0.39 is 6.04 Å². The summed E-state index contributed by atoms with van der Waals surface area (Å²) in [6.07, 6.45) is 0.768. The Morgan fingerprint density at radius 1 is 1.11 bits per heavy atom. The van der Waals surface area contributed by atoms with E-state index in [9.17, 15) is 9.59 Å². The van der Waals surface area contributed by atoms with Crippen LogP contribution in [0, 0.1) is 0 Å². The maximum absolute atomic E-state index is 12.9.